The molecule has 0 heterocycles. The van der Waals surface area contributed by atoms with Crippen LogP contribution < -0.4 is 4.74 Å². The normalized spacial score (nSPS) is 10.7. The third kappa shape index (κ3) is 3.38. The topological polar surface area (TPSA) is 52.6 Å². The third-order valence-electron chi connectivity index (χ3n) is 1.66. The van der Waals surface area contributed by atoms with Gasteiger partial charge in [-0.25, -0.2) is 9.59 Å². The molecule has 1 rings (SSSR count). The Morgan fingerprint density at radius 1 is 1.25 bits per heavy atom. The summed E-state index contributed by atoms with van der Waals surface area (Å²) in [4.78, 5) is 21.9. The molecule has 0 saturated heterocycles. The molecule has 0 bridgehead atoms. The van der Waals surface area contributed by atoms with Crippen molar-refractivity contribution in [1.29, 1.82) is 0 Å². The van der Waals surface area contributed by atoms with Gasteiger partial charge in [-0.15, -0.1) is 0 Å². The van der Waals surface area contributed by atoms with E-state index in [0.29, 0.717) is 0 Å². The number of rotatable bonds is 3. The molecule has 0 aromatic heterocycles. The average Bonchev–Trinajstić information content (AvgIpc) is 2.16. The van der Waals surface area contributed by atoms with Crippen molar-refractivity contribution in [1.82, 2.24) is 0 Å². The van der Waals surface area contributed by atoms with E-state index >= 15 is 0 Å². The summed E-state index contributed by atoms with van der Waals surface area (Å²) in [5.41, 5.74) is -0.379. The summed E-state index contributed by atoms with van der Waals surface area (Å²) in [5.74, 6) is -0.384. The van der Waals surface area contributed by atoms with Crippen LogP contribution in [0.2, 0.25) is 0 Å². The smallest absolute Gasteiger partial charge is 0.423 e. The second-order valence-electron chi connectivity index (χ2n) is 4.18. The Kier molecular flexibility index (Phi) is 3.66. The predicted molar refractivity (Wildman–Crippen MR) is 57.9 cm³/mol. The summed E-state index contributed by atoms with van der Waals surface area (Å²) in [6.07, 6.45) is 0. The highest BCUT2D eigenvalue weighted by atomic mass is 16.6. The van der Waals surface area contributed by atoms with Crippen molar-refractivity contribution in [2.24, 2.45) is 0 Å². The molecule has 16 heavy (non-hydrogen) atoms. The van der Waals surface area contributed by atoms with Gasteiger partial charge in [-0.1, -0.05) is 12.1 Å². The van der Waals surface area contributed by atoms with E-state index in [-0.39, 0.29) is 11.3 Å². The van der Waals surface area contributed by atoms with Crippen molar-refractivity contribution in [2.75, 3.05) is 0 Å². The van der Waals surface area contributed by atoms with Crippen LogP contribution in [0.1, 0.15) is 31.1 Å². The van der Waals surface area contributed by atoms with Crippen LogP contribution in [0.3, 0.4) is 0 Å². The number of hydrogen-bond donors (Lipinski definition) is 0. The zero-order valence-electron chi connectivity index (χ0n) is 9.44. The zero-order valence-corrected chi connectivity index (χ0v) is 9.44. The molecule has 1 radical (unpaired) electrons. The fourth-order valence-corrected chi connectivity index (χ4v) is 1.10. The standard InChI is InChI=1S/C12H13O4/c1-12(2,3)16-11(14)9-6-4-5-7-10(9)15-8-13/h4-7H,1-3H3. The predicted octanol–water partition coefficient (Wildman–Crippen LogP) is 2.09. The molecule has 0 aliphatic carbocycles. The van der Waals surface area contributed by atoms with E-state index in [2.05, 4.69) is 4.74 Å². The van der Waals surface area contributed by atoms with Crippen LogP contribution in [0.15, 0.2) is 24.3 Å². The van der Waals surface area contributed by atoms with Crippen LogP contribution >= 0.6 is 0 Å². The third-order valence-corrected chi connectivity index (χ3v) is 1.66. The first-order valence-electron chi connectivity index (χ1n) is 4.80. The number of para-hydroxylation sites is 1. The lowest BCUT2D eigenvalue weighted by Crippen LogP contribution is -2.24. The molecule has 1 aromatic carbocycles. The van der Waals surface area contributed by atoms with Gasteiger partial charge < -0.3 is 9.47 Å². The Morgan fingerprint density at radius 2 is 1.88 bits per heavy atom. The Morgan fingerprint density at radius 3 is 2.44 bits per heavy atom. The van der Waals surface area contributed by atoms with Crippen molar-refractivity contribution < 1.29 is 19.1 Å². The first-order valence-corrected chi connectivity index (χ1v) is 4.80. The van der Waals surface area contributed by atoms with E-state index < -0.39 is 11.6 Å². The number of carbonyl (C=O) groups is 1. The van der Waals surface area contributed by atoms with Crippen molar-refractivity contribution >= 4 is 12.4 Å². The lowest BCUT2D eigenvalue weighted by molar-refractivity contribution is 0.00676. The van der Waals surface area contributed by atoms with Gasteiger partial charge in [0.25, 0.3) is 0 Å². The fourth-order valence-electron chi connectivity index (χ4n) is 1.10. The summed E-state index contributed by atoms with van der Waals surface area (Å²) in [6.45, 7) is 6.58. The molecule has 85 valence electrons. The van der Waals surface area contributed by atoms with Gasteiger partial charge in [-0.3, -0.25) is 0 Å². The summed E-state index contributed by atoms with van der Waals surface area (Å²) in [5, 5.41) is 0. The minimum Gasteiger partial charge on any atom is -0.456 e. The number of carbonyl (C=O) groups excluding carboxylic acids is 2. The molecule has 0 N–H and O–H groups in total. The van der Waals surface area contributed by atoms with Gasteiger partial charge >= 0.3 is 12.4 Å². The minimum absolute atomic E-state index is 0.145. The maximum atomic E-state index is 11.7. The number of esters is 1. The fraction of sp³-hybridized carbons (Fsp3) is 0.333. The highest BCUT2D eigenvalue weighted by Crippen LogP contribution is 2.20. The van der Waals surface area contributed by atoms with Crippen LogP contribution in [0.4, 0.5) is 0 Å². The molecule has 0 atom stereocenters. The van der Waals surface area contributed by atoms with Crippen LogP contribution in [0.5, 0.6) is 5.75 Å². The van der Waals surface area contributed by atoms with Crippen LogP contribution in [0, 0.1) is 0 Å². The molecule has 0 aliphatic heterocycles. The molecule has 0 aliphatic rings. The zero-order chi connectivity index (χ0) is 12.2. The summed E-state index contributed by atoms with van der Waals surface area (Å²) in [6, 6.07) is 6.35. The van der Waals surface area contributed by atoms with Gasteiger partial charge in [0.2, 0.25) is 0 Å². The highest BCUT2D eigenvalue weighted by molar-refractivity contribution is 5.93. The van der Waals surface area contributed by atoms with E-state index in [1.165, 1.54) is 18.6 Å². The summed E-state index contributed by atoms with van der Waals surface area (Å²) >= 11 is 0. The van der Waals surface area contributed by atoms with E-state index in [9.17, 15) is 9.59 Å². The minimum atomic E-state index is -0.588. The second-order valence-corrected chi connectivity index (χ2v) is 4.18. The first-order chi connectivity index (χ1) is 7.44. The molecule has 0 spiro atoms. The lowest BCUT2D eigenvalue weighted by atomic mass is 10.1. The average molecular weight is 221 g/mol. The maximum Gasteiger partial charge on any atom is 0.423 e. The molecule has 0 fully saturated rings. The van der Waals surface area contributed by atoms with Crippen molar-refractivity contribution in [2.45, 2.75) is 26.4 Å². The Labute approximate surface area is 94.2 Å². The number of benzene rings is 1. The summed E-state index contributed by atoms with van der Waals surface area (Å²) in [7, 11) is 0. The van der Waals surface area contributed by atoms with Crippen molar-refractivity contribution in [3.8, 4) is 5.75 Å². The quantitative estimate of drug-likeness (QED) is 0.733. The SMILES string of the molecule is CC(C)(C)OC(=O)c1ccccc1O[C]=O. The molecule has 0 unspecified atom stereocenters. The van der Waals surface area contributed by atoms with Crippen molar-refractivity contribution in [3.05, 3.63) is 29.8 Å². The molecule has 4 heteroatoms. The van der Waals surface area contributed by atoms with E-state index in [0.717, 1.165) is 0 Å². The molecule has 4 nitrogen and oxygen atoms in total. The van der Waals surface area contributed by atoms with E-state index in [4.69, 9.17) is 4.74 Å². The van der Waals surface area contributed by atoms with Gasteiger partial charge in [0.05, 0.1) is 0 Å². The molecular formula is C12H13O4. The molecular weight excluding hydrogens is 208 g/mol. The molecule has 0 amide bonds. The van der Waals surface area contributed by atoms with E-state index in [1.807, 2.05) is 0 Å². The first kappa shape index (κ1) is 12.2. The maximum absolute atomic E-state index is 11.7. The van der Waals surface area contributed by atoms with Crippen LogP contribution in [0.25, 0.3) is 0 Å². The molecule has 0 saturated carbocycles. The van der Waals surface area contributed by atoms with E-state index in [1.54, 1.807) is 32.9 Å². The monoisotopic (exact) mass is 221 g/mol. The second kappa shape index (κ2) is 4.79. The summed E-state index contributed by atoms with van der Waals surface area (Å²) < 4.78 is 9.73. The lowest BCUT2D eigenvalue weighted by Gasteiger charge is -2.19. The van der Waals surface area contributed by atoms with Gasteiger partial charge in [-0.2, -0.15) is 0 Å². The molecule has 1 aromatic rings. The van der Waals surface area contributed by atoms with Crippen molar-refractivity contribution in [3.63, 3.8) is 0 Å². The van der Waals surface area contributed by atoms with Crippen LogP contribution in [-0.2, 0) is 9.53 Å². The van der Waals surface area contributed by atoms with Gasteiger partial charge in [-0.05, 0) is 32.9 Å². The Hall–Kier alpha value is -1.84. The van der Waals surface area contributed by atoms with Gasteiger partial charge in [0.1, 0.15) is 16.9 Å². The Bertz CT molecular complexity index is 390. The largest absolute Gasteiger partial charge is 0.456 e. The number of hydrogen-bond acceptors (Lipinski definition) is 4. The number of ether oxygens (including phenoxy) is 2. The van der Waals surface area contributed by atoms with Gasteiger partial charge in [0.15, 0.2) is 0 Å². The highest BCUT2D eigenvalue weighted by Gasteiger charge is 2.20. The Balaban J connectivity index is 2.94. The van der Waals surface area contributed by atoms with Crippen LogP contribution in [-0.4, -0.2) is 18.0 Å². The van der Waals surface area contributed by atoms with Gasteiger partial charge in [0, 0.05) is 0 Å².